The molecule has 3 N–H and O–H groups in total. The molecule has 0 saturated heterocycles. The Labute approximate surface area is 66.1 Å². The van der Waals surface area contributed by atoms with Crippen molar-refractivity contribution in [3.8, 4) is 5.75 Å². The second kappa shape index (κ2) is 4.00. The molecular formula is C7H11BO3. The summed E-state index contributed by atoms with van der Waals surface area (Å²) in [6, 6.07) is 5.82. The second-order valence-electron chi connectivity index (χ2n) is 1.97. The molecule has 0 fully saturated rings. The summed E-state index contributed by atoms with van der Waals surface area (Å²) in [6.07, 6.45) is 0. The predicted molar refractivity (Wildman–Crippen MR) is 44.7 cm³/mol. The first-order chi connectivity index (χ1) is 4.70. The van der Waals surface area contributed by atoms with E-state index in [0.29, 0.717) is 5.46 Å². The number of hydrogen-bond acceptors (Lipinski definition) is 3. The first kappa shape index (κ1) is 10.0. The van der Waals surface area contributed by atoms with Gasteiger partial charge in [-0.25, -0.2) is 0 Å². The van der Waals surface area contributed by atoms with E-state index >= 15 is 0 Å². The molecule has 60 valence electrons. The Morgan fingerprint density at radius 1 is 1.18 bits per heavy atom. The van der Waals surface area contributed by atoms with Gasteiger partial charge in [-0.3, -0.25) is 0 Å². The molecule has 1 aromatic rings. The van der Waals surface area contributed by atoms with E-state index in [1.54, 1.807) is 6.07 Å². The highest BCUT2D eigenvalue weighted by molar-refractivity contribution is 6.58. The van der Waals surface area contributed by atoms with E-state index in [4.69, 9.17) is 15.2 Å². The molecule has 0 spiro atoms. The van der Waals surface area contributed by atoms with Crippen molar-refractivity contribution in [2.75, 3.05) is 0 Å². The van der Waals surface area contributed by atoms with Crippen LogP contribution < -0.4 is 5.46 Å². The molecule has 4 heteroatoms. The van der Waals surface area contributed by atoms with Gasteiger partial charge in [0.2, 0.25) is 0 Å². The fraction of sp³-hybridized carbons (Fsp3) is 0.143. The highest BCUT2D eigenvalue weighted by Gasteiger charge is 2.09. The zero-order valence-corrected chi connectivity index (χ0v) is 5.23. The predicted octanol–water partition coefficient (Wildman–Crippen LogP) is -0.292. The Morgan fingerprint density at radius 2 is 1.82 bits per heavy atom. The molecule has 1 rings (SSSR count). The van der Waals surface area contributed by atoms with Crippen molar-refractivity contribution in [1.82, 2.24) is 0 Å². The van der Waals surface area contributed by atoms with Gasteiger partial charge in [-0.15, -0.1) is 0 Å². The van der Waals surface area contributed by atoms with Crippen LogP contribution in [0.5, 0.6) is 5.75 Å². The highest BCUT2D eigenvalue weighted by Crippen LogP contribution is 2.02. The van der Waals surface area contributed by atoms with Gasteiger partial charge in [-0.1, -0.05) is 19.6 Å². The minimum Gasteiger partial charge on any atom is -0.508 e. The lowest BCUT2D eigenvalue weighted by Crippen LogP contribution is -2.29. The second-order valence-corrected chi connectivity index (χ2v) is 1.97. The average Bonchev–Trinajstić information content (AvgIpc) is 1.88. The zero-order chi connectivity index (χ0) is 7.56. The van der Waals surface area contributed by atoms with Gasteiger partial charge in [-0.05, 0) is 17.6 Å². The smallest absolute Gasteiger partial charge is 0.488 e. The molecule has 0 aliphatic carbocycles. The van der Waals surface area contributed by atoms with Crippen LogP contribution in [-0.4, -0.2) is 22.3 Å². The van der Waals surface area contributed by atoms with E-state index < -0.39 is 7.12 Å². The van der Waals surface area contributed by atoms with Crippen LogP contribution in [0.15, 0.2) is 24.3 Å². The molecule has 0 aliphatic heterocycles. The van der Waals surface area contributed by atoms with Crippen molar-refractivity contribution >= 4 is 12.6 Å². The van der Waals surface area contributed by atoms with Crippen LogP contribution in [0.3, 0.4) is 0 Å². The number of aromatic hydroxyl groups is 1. The molecule has 0 amide bonds. The van der Waals surface area contributed by atoms with Crippen LogP contribution >= 0.6 is 0 Å². The first-order valence-corrected chi connectivity index (χ1v) is 2.85. The molecule has 0 bridgehead atoms. The number of phenolic OH excluding ortho intramolecular Hbond substituents is 1. The molecule has 0 aromatic heterocycles. The van der Waals surface area contributed by atoms with Gasteiger partial charge in [-0.2, -0.15) is 0 Å². The van der Waals surface area contributed by atoms with E-state index in [0.717, 1.165) is 0 Å². The van der Waals surface area contributed by atoms with Crippen molar-refractivity contribution in [3.63, 3.8) is 0 Å². The van der Waals surface area contributed by atoms with E-state index in [2.05, 4.69) is 0 Å². The summed E-state index contributed by atoms with van der Waals surface area (Å²) in [5, 5.41) is 26.0. The first-order valence-electron chi connectivity index (χ1n) is 2.85. The van der Waals surface area contributed by atoms with E-state index in [9.17, 15) is 0 Å². The number of benzene rings is 1. The maximum Gasteiger partial charge on any atom is 0.488 e. The van der Waals surface area contributed by atoms with Crippen molar-refractivity contribution < 1.29 is 15.2 Å². The Bertz CT molecular complexity index is 225. The lowest BCUT2D eigenvalue weighted by molar-refractivity contribution is 0.424. The third kappa shape index (κ3) is 2.61. The fourth-order valence-electron chi connectivity index (χ4n) is 0.685. The number of rotatable bonds is 1. The summed E-state index contributed by atoms with van der Waals surface area (Å²) in [5.74, 6) is 0.0330. The quantitative estimate of drug-likeness (QED) is 0.487. The Morgan fingerprint density at radius 3 is 2.18 bits per heavy atom. The summed E-state index contributed by atoms with van der Waals surface area (Å²) >= 11 is 0. The minimum atomic E-state index is -1.51. The minimum absolute atomic E-state index is 0. The van der Waals surface area contributed by atoms with Crippen LogP contribution in [0.1, 0.15) is 7.43 Å². The molecule has 0 heterocycles. The van der Waals surface area contributed by atoms with Crippen molar-refractivity contribution in [2.45, 2.75) is 7.43 Å². The molecule has 0 saturated carbocycles. The van der Waals surface area contributed by atoms with Crippen molar-refractivity contribution in [3.05, 3.63) is 24.3 Å². The summed E-state index contributed by atoms with van der Waals surface area (Å²) in [5.41, 5.74) is 0.292. The van der Waals surface area contributed by atoms with Crippen LogP contribution in [0.4, 0.5) is 0 Å². The maximum absolute atomic E-state index is 8.84. The van der Waals surface area contributed by atoms with E-state index in [1.165, 1.54) is 18.2 Å². The third-order valence-electron chi connectivity index (χ3n) is 1.17. The molecule has 1 aromatic carbocycles. The molecule has 11 heavy (non-hydrogen) atoms. The summed E-state index contributed by atoms with van der Waals surface area (Å²) in [6.45, 7) is 0. The van der Waals surface area contributed by atoms with Gasteiger partial charge in [0.15, 0.2) is 0 Å². The topological polar surface area (TPSA) is 60.7 Å². The monoisotopic (exact) mass is 154 g/mol. The molecule has 0 atom stereocenters. The summed E-state index contributed by atoms with van der Waals surface area (Å²) < 4.78 is 0. The van der Waals surface area contributed by atoms with Gasteiger partial charge in [0.25, 0.3) is 0 Å². The normalized spacial score (nSPS) is 8.55. The lowest BCUT2D eigenvalue weighted by Gasteiger charge is -1.97. The highest BCUT2D eigenvalue weighted by atomic mass is 16.4. The Hall–Kier alpha value is -0.995. The van der Waals surface area contributed by atoms with Gasteiger partial charge in [0, 0.05) is 0 Å². The largest absolute Gasteiger partial charge is 0.508 e. The Balaban J connectivity index is 0.000001000. The zero-order valence-electron chi connectivity index (χ0n) is 5.23. The summed E-state index contributed by atoms with van der Waals surface area (Å²) in [7, 11) is -1.51. The van der Waals surface area contributed by atoms with Crippen molar-refractivity contribution in [2.24, 2.45) is 0 Å². The average molecular weight is 154 g/mol. The SMILES string of the molecule is C.OB(O)c1cccc(O)c1. The van der Waals surface area contributed by atoms with Crippen LogP contribution in [0.2, 0.25) is 0 Å². The molecule has 3 nitrogen and oxygen atoms in total. The van der Waals surface area contributed by atoms with Gasteiger partial charge in [0.1, 0.15) is 5.75 Å². The van der Waals surface area contributed by atoms with Gasteiger partial charge < -0.3 is 15.2 Å². The molecule has 0 unspecified atom stereocenters. The molecule has 0 radical (unpaired) electrons. The molecular weight excluding hydrogens is 143 g/mol. The lowest BCUT2D eigenvalue weighted by atomic mass is 9.80. The maximum atomic E-state index is 8.84. The fourth-order valence-corrected chi connectivity index (χ4v) is 0.685. The van der Waals surface area contributed by atoms with Crippen LogP contribution in [-0.2, 0) is 0 Å². The summed E-state index contributed by atoms with van der Waals surface area (Å²) in [4.78, 5) is 0. The van der Waals surface area contributed by atoms with E-state index in [-0.39, 0.29) is 13.2 Å². The van der Waals surface area contributed by atoms with Crippen LogP contribution in [0, 0.1) is 0 Å². The Kier molecular flexibility index (Phi) is 3.64. The van der Waals surface area contributed by atoms with Gasteiger partial charge >= 0.3 is 7.12 Å². The third-order valence-corrected chi connectivity index (χ3v) is 1.17. The van der Waals surface area contributed by atoms with Crippen LogP contribution in [0.25, 0.3) is 0 Å². The molecule has 0 aliphatic rings. The standard InChI is InChI=1S/C6H7BO3.CH4/c8-6-3-1-2-5(4-6)7(9)10;/h1-4,8-10H;1H4. The number of hydrogen-bond donors (Lipinski definition) is 3. The van der Waals surface area contributed by atoms with Crippen molar-refractivity contribution in [1.29, 1.82) is 0 Å². The van der Waals surface area contributed by atoms with Gasteiger partial charge in [0.05, 0.1) is 0 Å². The van der Waals surface area contributed by atoms with E-state index in [1.807, 2.05) is 0 Å². The number of phenols is 1.